The maximum absolute atomic E-state index is 13.3. The van der Waals surface area contributed by atoms with E-state index in [0.717, 1.165) is 6.07 Å². The van der Waals surface area contributed by atoms with Crippen LogP contribution in [0.25, 0.3) is 0 Å². The van der Waals surface area contributed by atoms with Crippen LogP contribution in [-0.4, -0.2) is 5.11 Å². The highest BCUT2D eigenvalue weighted by Gasteiger charge is 2.31. The van der Waals surface area contributed by atoms with Gasteiger partial charge in [-0.25, -0.2) is 8.78 Å². The highest BCUT2D eigenvalue weighted by atomic mass is 19.2. The molecule has 0 saturated heterocycles. The molecule has 0 aliphatic heterocycles. The standard InChI is InChI=1S/C11H11F2NO/c1-11(2,6-14)10(15)7-4-3-5-8(12)9(7)13/h3-5,10,15H,1-2H3. The van der Waals surface area contributed by atoms with Crippen LogP contribution in [0.15, 0.2) is 18.2 Å². The fraction of sp³-hybridized carbons (Fsp3) is 0.364. The minimum Gasteiger partial charge on any atom is -0.387 e. The summed E-state index contributed by atoms with van der Waals surface area (Å²) in [6, 6.07) is 5.37. The number of aliphatic hydroxyl groups excluding tert-OH is 1. The van der Waals surface area contributed by atoms with Crippen LogP contribution in [0, 0.1) is 28.4 Å². The molecule has 0 aliphatic carbocycles. The van der Waals surface area contributed by atoms with E-state index in [1.807, 2.05) is 6.07 Å². The number of nitrogens with zero attached hydrogens (tertiary/aromatic N) is 1. The van der Waals surface area contributed by atoms with E-state index >= 15 is 0 Å². The first-order valence-corrected chi connectivity index (χ1v) is 4.43. The molecule has 0 aromatic heterocycles. The molecule has 0 bridgehead atoms. The molecule has 0 amide bonds. The molecule has 15 heavy (non-hydrogen) atoms. The predicted molar refractivity (Wildman–Crippen MR) is 50.7 cm³/mol. The van der Waals surface area contributed by atoms with Crippen molar-refractivity contribution in [1.82, 2.24) is 0 Å². The van der Waals surface area contributed by atoms with Gasteiger partial charge in [0.1, 0.15) is 0 Å². The summed E-state index contributed by atoms with van der Waals surface area (Å²) in [6.07, 6.45) is -1.35. The van der Waals surface area contributed by atoms with Crippen molar-refractivity contribution in [1.29, 1.82) is 5.26 Å². The van der Waals surface area contributed by atoms with E-state index in [4.69, 9.17) is 5.26 Å². The summed E-state index contributed by atoms with van der Waals surface area (Å²) >= 11 is 0. The molecule has 2 nitrogen and oxygen atoms in total. The van der Waals surface area contributed by atoms with Crippen molar-refractivity contribution < 1.29 is 13.9 Å². The normalized spacial score (nSPS) is 13.3. The summed E-state index contributed by atoms with van der Waals surface area (Å²) in [5.41, 5.74) is -1.35. The fourth-order valence-corrected chi connectivity index (χ4v) is 1.18. The van der Waals surface area contributed by atoms with Crippen molar-refractivity contribution in [2.75, 3.05) is 0 Å². The van der Waals surface area contributed by atoms with Gasteiger partial charge in [0.25, 0.3) is 0 Å². The van der Waals surface area contributed by atoms with Crippen molar-refractivity contribution in [3.8, 4) is 6.07 Å². The molecule has 1 rings (SSSR count). The minimum atomic E-state index is -1.35. The van der Waals surface area contributed by atoms with Gasteiger partial charge in [-0.15, -0.1) is 0 Å². The van der Waals surface area contributed by atoms with Gasteiger partial charge in [-0.05, 0) is 19.9 Å². The van der Waals surface area contributed by atoms with Gasteiger partial charge >= 0.3 is 0 Å². The summed E-state index contributed by atoms with van der Waals surface area (Å²) < 4.78 is 26.1. The Labute approximate surface area is 86.8 Å². The van der Waals surface area contributed by atoms with Crippen LogP contribution < -0.4 is 0 Å². The number of nitriles is 1. The third-order valence-corrected chi connectivity index (χ3v) is 2.25. The Morgan fingerprint density at radius 1 is 1.40 bits per heavy atom. The summed E-state index contributed by atoms with van der Waals surface area (Å²) in [6.45, 7) is 2.92. The van der Waals surface area contributed by atoms with Crippen molar-refractivity contribution in [3.63, 3.8) is 0 Å². The van der Waals surface area contributed by atoms with Crippen LogP contribution in [0.4, 0.5) is 8.78 Å². The van der Waals surface area contributed by atoms with Gasteiger partial charge in [0.05, 0.1) is 17.6 Å². The maximum Gasteiger partial charge on any atom is 0.164 e. The van der Waals surface area contributed by atoms with E-state index < -0.39 is 23.2 Å². The molecular weight excluding hydrogens is 200 g/mol. The lowest BCUT2D eigenvalue weighted by Crippen LogP contribution is -2.21. The van der Waals surface area contributed by atoms with E-state index in [1.54, 1.807) is 0 Å². The van der Waals surface area contributed by atoms with Crippen molar-refractivity contribution in [3.05, 3.63) is 35.4 Å². The largest absolute Gasteiger partial charge is 0.387 e. The van der Waals surface area contributed by atoms with Gasteiger partial charge in [0.2, 0.25) is 0 Å². The first kappa shape index (κ1) is 11.6. The number of hydrogen-bond acceptors (Lipinski definition) is 2. The monoisotopic (exact) mass is 211 g/mol. The highest BCUT2D eigenvalue weighted by Crippen LogP contribution is 2.34. The summed E-state index contributed by atoms with van der Waals surface area (Å²) in [4.78, 5) is 0. The summed E-state index contributed by atoms with van der Waals surface area (Å²) in [5, 5.41) is 18.5. The molecule has 4 heteroatoms. The maximum atomic E-state index is 13.3. The molecular formula is C11H11F2NO. The number of aliphatic hydroxyl groups is 1. The Morgan fingerprint density at radius 2 is 2.00 bits per heavy atom. The zero-order chi connectivity index (χ0) is 11.6. The molecule has 0 fully saturated rings. The van der Waals surface area contributed by atoms with Gasteiger partial charge in [-0.1, -0.05) is 12.1 Å². The Bertz CT molecular complexity index is 410. The lowest BCUT2D eigenvalue weighted by Gasteiger charge is -2.23. The zero-order valence-electron chi connectivity index (χ0n) is 8.46. The average molecular weight is 211 g/mol. The molecule has 0 saturated carbocycles. The Hall–Kier alpha value is -1.47. The average Bonchev–Trinajstić information content (AvgIpc) is 2.21. The number of rotatable bonds is 2. The van der Waals surface area contributed by atoms with Gasteiger partial charge in [-0.3, -0.25) is 0 Å². The molecule has 1 atom stereocenters. The lowest BCUT2D eigenvalue weighted by molar-refractivity contribution is 0.0825. The van der Waals surface area contributed by atoms with E-state index in [9.17, 15) is 13.9 Å². The molecule has 1 N–H and O–H groups in total. The van der Waals surface area contributed by atoms with Crippen LogP contribution in [-0.2, 0) is 0 Å². The molecule has 0 aliphatic rings. The lowest BCUT2D eigenvalue weighted by atomic mass is 9.84. The number of halogens is 2. The third kappa shape index (κ3) is 2.13. The first-order valence-electron chi connectivity index (χ1n) is 4.43. The number of benzene rings is 1. The van der Waals surface area contributed by atoms with Gasteiger partial charge in [0, 0.05) is 5.56 Å². The van der Waals surface area contributed by atoms with Crippen molar-refractivity contribution in [2.24, 2.45) is 5.41 Å². The van der Waals surface area contributed by atoms with Crippen LogP contribution in [0.1, 0.15) is 25.5 Å². The zero-order valence-corrected chi connectivity index (χ0v) is 8.46. The van der Waals surface area contributed by atoms with Gasteiger partial charge in [-0.2, -0.15) is 5.26 Å². The van der Waals surface area contributed by atoms with Crippen LogP contribution in [0.3, 0.4) is 0 Å². The highest BCUT2D eigenvalue weighted by molar-refractivity contribution is 5.24. The Kier molecular flexibility index (Phi) is 3.06. The second-order valence-electron chi connectivity index (χ2n) is 3.88. The van der Waals surface area contributed by atoms with Gasteiger partial charge < -0.3 is 5.11 Å². The van der Waals surface area contributed by atoms with E-state index in [2.05, 4.69) is 0 Å². The fourth-order valence-electron chi connectivity index (χ4n) is 1.18. The molecule has 0 radical (unpaired) electrons. The van der Waals surface area contributed by atoms with Gasteiger partial charge in [0.15, 0.2) is 11.6 Å². The Balaban J connectivity index is 3.19. The molecule has 0 heterocycles. The van der Waals surface area contributed by atoms with Crippen molar-refractivity contribution >= 4 is 0 Å². The molecule has 0 spiro atoms. The second kappa shape index (κ2) is 3.95. The van der Waals surface area contributed by atoms with Crippen LogP contribution in [0.2, 0.25) is 0 Å². The minimum absolute atomic E-state index is 0.193. The molecule has 1 aromatic rings. The summed E-state index contributed by atoms with van der Waals surface area (Å²) in [5.74, 6) is -2.13. The third-order valence-electron chi connectivity index (χ3n) is 2.25. The smallest absolute Gasteiger partial charge is 0.164 e. The van der Waals surface area contributed by atoms with E-state index in [-0.39, 0.29) is 5.56 Å². The Morgan fingerprint density at radius 3 is 2.53 bits per heavy atom. The summed E-state index contributed by atoms with van der Waals surface area (Å²) in [7, 11) is 0. The molecule has 1 unspecified atom stereocenters. The van der Waals surface area contributed by atoms with Crippen LogP contribution in [0.5, 0.6) is 0 Å². The SMILES string of the molecule is CC(C)(C#N)C(O)c1cccc(F)c1F. The topological polar surface area (TPSA) is 44.0 Å². The van der Waals surface area contributed by atoms with E-state index in [1.165, 1.54) is 26.0 Å². The van der Waals surface area contributed by atoms with Crippen LogP contribution >= 0.6 is 0 Å². The molecule has 80 valence electrons. The van der Waals surface area contributed by atoms with Crippen molar-refractivity contribution in [2.45, 2.75) is 20.0 Å². The molecule has 1 aromatic carbocycles. The quantitative estimate of drug-likeness (QED) is 0.816. The van der Waals surface area contributed by atoms with E-state index in [0.29, 0.717) is 0 Å². The predicted octanol–water partition coefficient (Wildman–Crippen LogP) is 2.55. The second-order valence-corrected chi connectivity index (χ2v) is 3.88. The first-order chi connectivity index (χ1) is 6.90. The number of hydrogen-bond donors (Lipinski definition) is 1.